The molecule has 0 spiro atoms. The molecule has 49 nitrogen and oxygen atoms in total. The van der Waals surface area contributed by atoms with E-state index in [-0.39, 0.29) is 0 Å². The van der Waals surface area contributed by atoms with Crippen LogP contribution in [0.15, 0.2) is 0 Å². The Balaban J connectivity index is 1.31. The van der Waals surface area contributed by atoms with Crippen molar-refractivity contribution in [3.8, 4) is 0 Å². The molecule has 0 bridgehead atoms. The van der Waals surface area contributed by atoms with E-state index in [4.69, 9.17) is 61.6 Å². The van der Waals surface area contributed by atoms with Crippen LogP contribution in [0.2, 0.25) is 0 Å². The summed E-state index contributed by atoms with van der Waals surface area (Å²) < 4.78 is 75.7. The first-order chi connectivity index (χ1) is 50.6. The van der Waals surface area contributed by atoms with Gasteiger partial charge in [-0.05, 0) is 0 Å². The van der Waals surface area contributed by atoms with Crippen molar-refractivity contribution in [3.63, 3.8) is 0 Å². The standard InChI is InChI=1S/C59H96N4O45/c1-15(71)60-29-19(75)5-57(54(90)91,104-45(29)33(80)22(78)8-64)103-26(12-68)37(84)47-31(62-17(3)73)21(77)7-59(106-47,56(94)95)108-49-41(88)53(100-42-27(13-69)96-50(89)39(86)38(42)85)99-28(14-70)43(49)101-51-32(63-18(4)74)44(35(82)24(10-66)97-51)102-52-40(87)48(36(83)25(11-67)98-52)107-58(55(92)93)6-20(76)30(61-16(2)72)46(105-58)34(81)23(79)9-65/h19-53,64-70,75-89H,5-14H2,1-4H3,(H,60,71)(H,61,72)(H,62,73)(H,63,74)(H,90,91)(H,92,93)(H,94,95)/t19-,20-,21-,22+,23+,24+,25+,26+,27+,28+,29+,30+,31+,32+,33+,34+,35+,36-,37+,38+,39+,40+,41+,42+,43-,44+,45+,46+,47+,48-,49+,50+,51-,52-,53-,57+,58-,59-/m0/s1. The highest BCUT2D eigenvalue weighted by molar-refractivity contribution is 5.78. The number of carbonyl (C=O) groups is 7. The smallest absolute Gasteiger partial charge is 0.364 e. The van der Waals surface area contributed by atoms with Crippen LogP contribution >= 0.6 is 0 Å². The minimum atomic E-state index is -3.75. The van der Waals surface area contributed by atoms with Crippen molar-refractivity contribution in [2.75, 3.05) is 46.2 Å². The summed E-state index contributed by atoms with van der Waals surface area (Å²) in [4.78, 5) is 91.6. The molecule has 0 saturated carbocycles. The van der Waals surface area contributed by atoms with E-state index in [1.165, 1.54) is 0 Å². The lowest BCUT2D eigenvalue weighted by Gasteiger charge is -2.53. The maximum atomic E-state index is 14.2. The first kappa shape index (κ1) is 90.1. The Morgan fingerprint density at radius 1 is 0.380 bits per heavy atom. The Bertz CT molecular complexity index is 3010. The van der Waals surface area contributed by atoms with E-state index in [0.29, 0.717) is 0 Å². The van der Waals surface area contributed by atoms with Crippen molar-refractivity contribution in [1.82, 2.24) is 21.3 Å². The average Bonchev–Trinajstić information content (AvgIpc) is 0.749. The van der Waals surface area contributed by atoms with Gasteiger partial charge in [0.15, 0.2) is 25.2 Å². The van der Waals surface area contributed by atoms with E-state index in [1.54, 1.807) is 0 Å². The van der Waals surface area contributed by atoms with E-state index in [9.17, 15) is 161 Å². The molecular formula is C59H96N4O45. The summed E-state index contributed by atoms with van der Waals surface area (Å²) in [5.41, 5.74) is 0. The molecule has 4 amide bonds. The average molecular weight is 1580 g/mol. The van der Waals surface area contributed by atoms with Gasteiger partial charge < -0.3 is 211 Å². The summed E-state index contributed by atoms with van der Waals surface area (Å²) in [5.74, 6) is -21.5. The lowest BCUT2D eigenvalue weighted by Crippen LogP contribution is -2.73. The van der Waals surface area contributed by atoms with Gasteiger partial charge in [0.2, 0.25) is 23.6 Å². The number of ether oxygens (including phenoxy) is 13. The van der Waals surface area contributed by atoms with Crippen molar-refractivity contribution >= 4 is 41.5 Å². The maximum Gasteiger partial charge on any atom is 0.364 e. The molecule has 38 atom stereocenters. The highest BCUT2D eigenvalue weighted by Crippen LogP contribution is 2.44. The molecule has 49 heteroatoms. The first-order valence-corrected chi connectivity index (χ1v) is 33.5. The molecule has 0 aliphatic carbocycles. The van der Waals surface area contributed by atoms with E-state index >= 15 is 0 Å². The molecule has 7 rings (SSSR count). The number of aliphatic carboxylic acids is 3. The van der Waals surface area contributed by atoms with E-state index in [2.05, 4.69) is 21.3 Å². The number of rotatable bonds is 32. The highest BCUT2D eigenvalue weighted by Gasteiger charge is 2.66. The molecule has 7 fully saturated rings. The van der Waals surface area contributed by atoms with Crippen molar-refractivity contribution in [3.05, 3.63) is 0 Å². The van der Waals surface area contributed by atoms with Crippen LogP contribution in [-0.4, -0.2) is 447 Å². The zero-order chi connectivity index (χ0) is 80.8. The lowest BCUT2D eigenvalue weighted by molar-refractivity contribution is -0.405. The van der Waals surface area contributed by atoms with Crippen LogP contribution in [0.25, 0.3) is 0 Å². The second kappa shape index (κ2) is 37.7. The van der Waals surface area contributed by atoms with E-state index in [1.807, 2.05) is 0 Å². The second-order valence-electron chi connectivity index (χ2n) is 26.8. The molecule has 0 aromatic carbocycles. The number of hydrogen-bond donors (Lipinski definition) is 29. The topological polar surface area (TPSA) is 793 Å². The van der Waals surface area contributed by atoms with Gasteiger partial charge in [0.05, 0.1) is 82.7 Å². The van der Waals surface area contributed by atoms with Crippen LogP contribution in [0.5, 0.6) is 0 Å². The number of carboxylic acid groups (broad SMARTS) is 3. The molecule has 7 aliphatic heterocycles. The van der Waals surface area contributed by atoms with Gasteiger partial charge >= 0.3 is 17.9 Å². The third-order valence-electron chi connectivity index (χ3n) is 19.1. The SMILES string of the molecule is CC(=O)N[C@H]1[C@H](O[C@@H]2[C@H](O[C@]3(C(=O)O)C[C@H](O)[C@@H](NC(C)=O)[C@H]([C@H](O)[C@@H](CO)O[C@]4(C(=O)O)C[C@H](O)[C@@H](NC(C)=O)[C@H]([C@H](O)[C@H](O)CO)O4)O3)[C@@H](O)[C@H](O[C@H]3[C@H](O)[C@@H](O)[C@H](O)O[C@@H]3CO)O[C@@H]2CO)O[C@H](CO)[C@@H](O)[C@@H]1O[C@@H]1O[C@H](CO)[C@H](O)[C@H](O[C@]2(C(=O)O)C[C@H](O)[C@@H](NC(C)=O)[C@H]([C@H](O)[C@H](O)CO)O2)[C@H]1O. The Morgan fingerprint density at radius 2 is 0.722 bits per heavy atom. The number of hydrogen-bond acceptors (Lipinski definition) is 42. The zero-order valence-corrected chi connectivity index (χ0v) is 57.6. The van der Waals surface area contributed by atoms with Crippen LogP contribution in [-0.2, 0) is 95.1 Å². The fourth-order valence-electron chi connectivity index (χ4n) is 13.7. The molecule has 7 saturated heterocycles. The van der Waals surface area contributed by atoms with Gasteiger partial charge in [0, 0.05) is 47.0 Å². The summed E-state index contributed by atoms with van der Waals surface area (Å²) in [6, 6.07) is -8.01. The molecule has 622 valence electrons. The van der Waals surface area contributed by atoms with Crippen molar-refractivity contribution in [1.29, 1.82) is 0 Å². The van der Waals surface area contributed by atoms with Crippen LogP contribution in [0.1, 0.15) is 47.0 Å². The van der Waals surface area contributed by atoms with Gasteiger partial charge in [0.25, 0.3) is 17.4 Å². The van der Waals surface area contributed by atoms with Gasteiger partial charge in [-0.25, -0.2) is 14.4 Å². The van der Waals surface area contributed by atoms with Crippen molar-refractivity contribution in [2.24, 2.45) is 0 Å². The molecule has 0 aromatic heterocycles. The molecule has 7 heterocycles. The lowest BCUT2D eigenvalue weighted by atomic mass is 9.87. The molecule has 0 aromatic rings. The monoisotopic (exact) mass is 1580 g/mol. The second-order valence-corrected chi connectivity index (χ2v) is 26.8. The minimum absolute atomic E-state index is 0.809. The Kier molecular flexibility index (Phi) is 31.4. The summed E-state index contributed by atoms with van der Waals surface area (Å²) in [6.45, 7) is -5.89. The Morgan fingerprint density at radius 3 is 1.13 bits per heavy atom. The van der Waals surface area contributed by atoms with Gasteiger partial charge in [-0.3, -0.25) is 19.2 Å². The third kappa shape index (κ3) is 19.4. The largest absolute Gasteiger partial charge is 0.477 e. The normalized spacial score (nSPS) is 43.4. The van der Waals surface area contributed by atoms with Gasteiger partial charge in [-0.2, -0.15) is 0 Å². The number of carboxylic acids is 3. The first-order valence-electron chi connectivity index (χ1n) is 33.5. The number of aliphatic hydroxyl groups is 22. The third-order valence-corrected chi connectivity index (χ3v) is 19.1. The quantitative estimate of drug-likeness (QED) is 0.0297. The Hall–Kier alpha value is -5.11. The van der Waals surface area contributed by atoms with Crippen molar-refractivity contribution in [2.45, 2.75) is 278 Å². The molecule has 7 aliphatic rings. The zero-order valence-electron chi connectivity index (χ0n) is 57.6. The van der Waals surface area contributed by atoms with Crippen LogP contribution < -0.4 is 21.3 Å². The van der Waals surface area contributed by atoms with Crippen LogP contribution in [0.4, 0.5) is 0 Å². The summed E-state index contributed by atoms with van der Waals surface area (Å²) in [7, 11) is 0. The number of nitrogens with one attached hydrogen (secondary N) is 4. The molecular weight excluding hydrogens is 1480 g/mol. The van der Waals surface area contributed by atoms with Gasteiger partial charge in [0.1, 0.15) is 153 Å². The minimum Gasteiger partial charge on any atom is -0.477 e. The molecule has 0 unspecified atom stereocenters. The number of aliphatic hydroxyl groups excluding tert-OH is 22. The fraction of sp³-hybridized carbons (Fsp3) is 0.881. The van der Waals surface area contributed by atoms with E-state index < -0.39 is 339 Å². The molecule has 0 radical (unpaired) electrons. The predicted octanol–water partition coefficient (Wildman–Crippen LogP) is -18.1. The predicted molar refractivity (Wildman–Crippen MR) is 330 cm³/mol. The maximum absolute atomic E-state index is 14.2. The fourth-order valence-corrected chi connectivity index (χ4v) is 13.7. The van der Waals surface area contributed by atoms with Crippen molar-refractivity contribution < 1.29 is 223 Å². The molecule has 108 heavy (non-hydrogen) atoms. The van der Waals surface area contributed by atoms with E-state index in [0.717, 1.165) is 27.7 Å². The number of amides is 4. The molecule has 29 N–H and O–H groups in total. The van der Waals surface area contributed by atoms with Gasteiger partial charge in [-0.15, -0.1) is 0 Å². The van der Waals surface area contributed by atoms with Crippen LogP contribution in [0, 0.1) is 0 Å². The summed E-state index contributed by atoms with van der Waals surface area (Å²) in [5, 5.41) is 285. The van der Waals surface area contributed by atoms with Gasteiger partial charge in [-0.1, -0.05) is 0 Å². The summed E-state index contributed by atoms with van der Waals surface area (Å²) in [6.07, 6.45) is -77.8. The highest BCUT2D eigenvalue weighted by atomic mass is 16.8. The Labute approximate surface area is 609 Å². The summed E-state index contributed by atoms with van der Waals surface area (Å²) >= 11 is 0. The number of carbonyl (C=O) groups excluding carboxylic acids is 4. The van der Waals surface area contributed by atoms with Crippen LogP contribution in [0.3, 0.4) is 0 Å².